The minimum atomic E-state index is -0.734. The van der Waals surface area contributed by atoms with E-state index in [0.29, 0.717) is 41.9 Å². The Morgan fingerprint density at radius 1 is 0.683 bits per heavy atom. The van der Waals surface area contributed by atoms with E-state index in [9.17, 15) is 19.2 Å². The van der Waals surface area contributed by atoms with Crippen LogP contribution in [0.4, 0.5) is 9.59 Å². The Kier molecular flexibility index (Phi) is 14.1. The molecule has 4 N–H and O–H groups in total. The number of carbonyl (C=O) groups excluding carboxylic acids is 4. The molecule has 2 aliphatic carbocycles. The highest BCUT2D eigenvalue weighted by Gasteiger charge is 2.52. The number of carbonyl (C=O) groups is 4. The standard InChI is InChI=1S/C49H64N8O6/c1-25(2)41(54-48(60)62-12)46(58)56(43-29(7)30(43)8)24-40-50-22-38(52-40)36-18-16-34(27(5)20-36)14-15-35-17-19-37(21-28(35)6)39-23-51-45(53-39)33(11)57(44-31(9)32(44)10)47(59)42(26(3)4)55-49(61)63-13/h16-23,25-26,29-33,41-44H,24H2,1-13H3,(H,50,52)(H,51,53)(H,54,60)(H,55,61). The topological polar surface area (TPSA) is 175 Å². The largest absolute Gasteiger partial charge is 0.453 e. The zero-order valence-electron chi connectivity index (χ0n) is 38.9. The Hall–Kier alpha value is -6.10. The zero-order chi connectivity index (χ0) is 46.0. The molecule has 336 valence electrons. The lowest BCUT2D eigenvalue weighted by Gasteiger charge is -2.34. The smallest absolute Gasteiger partial charge is 0.407 e. The first-order valence-corrected chi connectivity index (χ1v) is 22.0. The maximum Gasteiger partial charge on any atom is 0.407 e. The summed E-state index contributed by atoms with van der Waals surface area (Å²) in [5.74, 6) is 8.81. The van der Waals surface area contributed by atoms with Gasteiger partial charge in [-0.3, -0.25) is 9.59 Å². The average Bonchev–Trinajstić information content (AvgIpc) is 3.75. The van der Waals surface area contributed by atoms with E-state index in [4.69, 9.17) is 14.5 Å². The van der Waals surface area contributed by atoms with Crippen molar-refractivity contribution in [1.29, 1.82) is 0 Å². The van der Waals surface area contributed by atoms with E-state index < -0.39 is 24.3 Å². The number of hydrogen-bond acceptors (Lipinski definition) is 8. The second-order valence-corrected chi connectivity index (χ2v) is 18.3. The van der Waals surface area contributed by atoms with Gasteiger partial charge in [-0.1, -0.05) is 79.4 Å². The summed E-state index contributed by atoms with van der Waals surface area (Å²) < 4.78 is 9.64. The fourth-order valence-corrected chi connectivity index (χ4v) is 8.67. The predicted octanol–water partition coefficient (Wildman–Crippen LogP) is 7.77. The van der Waals surface area contributed by atoms with Crippen LogP contribution in [0.25, 0.3) is 22.5 Å². The molecule has 7 unspecified atom stereocenters. The first kappa shape index (κ1) is 46.4. The van der Waals surface area contributed by atoms with Gasteiger partial charge in [-0.2, -0.15) is 0 Å². The molecule has 2 aromatic heterocycles. The van der Waals surface area contributed by atoms with E-state index >= 15 is 0 Å². The molecule has 14 nitrogen and oxygen atoms in total. The normalized spacial score (nSPS) is 21.4. The summed E-state index contributed by atoms with van der Waals surface area (Å²) in [7, 11) is 2.59. The van der Waals surface area contributed by atoms with Gasteiger partial charge in [0.1, 0.15) is 23.7 Å². The van der Waals surface area contributed by atoms with Gasteiger partial charge in [0, 0.05) is 23.2 Å². The molecule has 14 heteroatoms. The fraction of sp³-hybridized carbons (Fsp3) is 0.510. The minimum Gasteiger partial charge on any atom is -0.453 e. The molecular formula is C49H64N8O6. The van der Waals surface area contributed by atoms with Gasteiger partial charge in [0.15, 0.2) is 0 Å². The lowest BCUT2D eigenvalue weighted by molar-refractivity contribution is -0.138. The number of hydrogen-bond donors (Lipinski definition) is 4. The van der Waals surface area contributed by atoms with E-state index in [1.54, 1.807) is 12.4 Å². The van der Waals surface area contributed by atoms with Crippen LogP contribution < -0.4 is 10.6 Å². The van der Waals surface area contributed by atoms with Crippen molar-refractivity contribution in [3.8, 4) is 34.4 Å². The number of benzene rings is 2. The molecule has 2 saturated carbocycles. The van der Waals surface area contributed by atoms with Crippen molar-refractivity contribution >= 4 is 24.0 Å². The molecular weight excluding hydrogens is 797 g/mol. The van der Waals surface area contributed by atoms with Crippen molar-refractivity contribution in [2.45, 2.75) is 113 Å². The van der Waals surface area contributed by atoms with Crippen LogP contribution in [0.1, 0.15) is 102 Å². The monoisotopic (exact) mass is 860 g/mol. The third kappa shape index (κ3) is 10.1. The van der Waals surface area contributed by atoms with Crippen LogP contribution in [0, 0.1) is 61.2 Å². The number of amides is 4. The molecule has 0 radical (unpaired) electrons. The van der Waals surface area contributed by atoms with E-state index in [-0.39, 0.29) is 41.8 Å². The van der Waals surface area contributed by atoms with Crippen LogP contribution in [0.15, 0.2) is 48.8 Å². The molecule has 0 saturated heterocycles. The van der Waals surface area contributed by atoms with Gasteiger partial charge in [-0.25, -0.2) is 19.6 Å². The van der Waals surface area contributed by atoms with Gasteiger partial charge >= 0.3 is 12.2 Å². The molecule has 0 spiro atoms. The van der Waals surface area contributed by atoms with Crippen molar-refractivity contribution in [2.24, 2.45) is 35.5 Å². The quantitative estimate of drug-likeness (QED) is 0.0931. The number of nitrogens with zero attached hydrogens (tertiary/aromatic N) is 4. The van der Waals surface area contributed by atoms with Crippen molar-refractivity contribution in [2.75, 3.05) is 14.2 Å². The summed E-state index contributed by atoms with van der Waals surface area (Å²) in [6, 6.07) is 10.5. The number of H-pyrrole nitrogens is 2. The molecule has 0 bridgehead atoms. The maximum atomic E-state index is 14.1. The van der Waals surface area contributed by atoms with Crippen LogP contribution in [-0.2, 0) is 25.6 Å². The highest BCUT2D eigenvalue weighted by molar-refractivity contribution is 5.87. The number of methoxy groups -OCH3 is 2. The van der Waals surface area contributed by atoms with Gasteiger partial charge in [0.25, 0.3) is 0 Å². The summed E-state index contributed by atoms with van der Waals surface area (Å²) in [5.41, 5.74) is 7.40. The Bertz CT molecular complexity index is 2370. The first-order valence-electron chi connectivity index (χ1n) is 22.0. The summed E-state index contributed by atoms with van der Waals surface area (Å²) >= 11 is 0. The Morgan fingerprint density at radius 3 is 1.59 bits per heavy atom. The molecule has 4 aromatic rings. The molecule has 2 aliphatic rings. The van der Waals surface area contributed by atoms with Gasteiger partial charge in [0.2, 0.25) is 11.8 Å². The predicted molar refractivity (Wildman–Crippen MR) is 242 cm³/mol. The van der Waals surface area contributed by atoms with Gasteiger partial charge in [-0.05, 0) is 103 Å². The van der Waals surface area contributed by atoms with E-state index in [0.717, 1.165) is 44.8 Å². The number of imidazole rings is 2. The summed E-state index contributed by atoms with van der Waals surface area (Å²) in [6.07, 6.45) is 2.32. The number of alkyl carbamates (subject to hydrolysis) is 2. The fourth-order valence-electron chi connectivity index (χ4n) is 8.67. The maximum absolute atomic E-state index is 14.1. The zero-order valence-corrected chi connectivity index (χ0v) is 38.9. The first-order chi connectivity index (χ1) is 29.9. The number of aromatic amines is 2. The van der Waals surface area contributed by atoms with Gasteiger partial charge in [0.05, 0.1) is 50.6 Å². The van der Waals surface area contributed by atoms with Crippen LogP contribution in [0.5, 0.6) is 0 Å². The van der Waals surface area contributed by atoms with E-state index in [2.05, 4.69) is 77.3 Å². The minimum absolute atomic E-state index is 0.0303. The second-order valence-electron chi connectivity index (χ2n) is 18.3. The summed E-state index contributed by atoms with van der Waals surface area (Å²) in [5, 5.41) is 5.47. The molecule has 6 rings (SSSR count). The Morgan fingerprint density at radius 2 is 1.14 bits per heavy atom. The average molecular weight is 861 g/mol. The van der Waals surface area contributed by atoms with Crippen molar-refractivity contribution in [1.82, 2.24) is 40.4 Å². The number of ether oxygens (including phenoxy) is 2. The van der Waals surface area contributed by atoms with Crippen molar-refractivity contribution in [3.63, 3.8) is 0 Å². The van der Waals surface area contributed by atoms with Crippen LogP contribution in [0.2, 0.25) is 0 Å². The summed E-state index contributed by atoms with van der Waals surface area (Å²) in [6.45, 7) is 22.5. The Labute approximate surface area is 371 Å². The molecule has 4 amide bonds. The number of aryl methyl sites for hydroxylation is 2. The SMILES string of the molecule is COC(=O)NC(C(=O)N(Cc1ncc(-c2ccc(C#Cc3ccc(-c4cnc(C(C)N(C(=O)C(NC(=O)OC)C(C)C)C5C(C)C5C)[nH]4)cc3C)c(C)c2)[nH]1)C1C(C)C1C)C(C)C. The molecule has 2 aromatic carbocycles. The van der Waals surface area contributed by atoms with Crippen LogP contribution >= 0.6 is 0 Å². The molecule has 2 heterocycles. The van der Waals surface area contributed by atoms with Gasteiger partial charge < -0.3 is 39.9 Å². The highest BCUT2D eigenvalue weighted by Crippen LogP contribution is 2.46. The lowest BCUT2D eigenvalue weighted by atomic mass is 10.0. The third-order valence-electron chi connectivity index (χ3n) is 13.3. The van der Waals surface area contributed by atoms with Crippen molar-refractivity contribution < 1.29 is 28.7 Å². The lowest BCUT2D eigenvalue weighted by Crippen LogP contribution is -2.53. The molecule has 2 fully saturated rings. The van der Waals surface area contributed by atoms with Crippen LogP contribution in [0.3, 0.4) is 0 Å². The number of aromatic nitrogens is 4. The van der Waals surface area contributed by atoms with E-state index in [1.165, 1.54) is 14.2 Å². The molecule has 7 atom stereocenters. The highest BCUT2D eigenvalue weighted by atomic mass is 16.5. The number of nitrogens with one attached hydrogen (secondary N) is 4. The number of rotatable bonds is 14. The van der Waals surface area contributed by atoms with E-state index in [1.807, 2.05) is 82.5 Å². The summed E-state index contributed by atoms with van der Waals surface area (Å²) in [4.78, 5) is 72.3. The third-order valence-corrected chi connectivity index (χ3v) is 13.3. The second kappa shape index (κ2) is 19.1. The van der Waals surface area contributed by atoms with Gasteiger partial charge in [-0.15, -0.1) is 0 Å². The Balaban J connectivity index is 1.15. The molecule has 63 heavy (non-hydrogen) atoms. The van der Waals surface area contributed by atoms with Crippen molar-refractivity contribution in [3.05, 3.63) is 82.7 Å². The van der Waals surface area contributed by atoms with Crippen LogP contribution in [-0.4, -0.2) is 92.1 Å². The molecule has 0 aliphatic heterocycles.